The molecule has 2 aromatic rings. The zero-order valence-electron chi connectivity index (χ0n) is 17.0. The number of imidazole rings is 1. The van der Waals surface area contributed by atoms with Crippen LogP contribution < -0.4 is 5.32 Å². The molecule has 146 valence electrons. The fourth-order valence-electron chi connectivity index (χ4n) is 2.87. The third-order valence-corrected chi connectivity index (χ3v) is 5.43. The van der Waals surface area contributed by atoms with Gasteiger partial charge in [0.25, 0.3) is 0 Å². The standard InChI is InChI=1S/C21H29N3O2S/c1-13(2)11-24-16(5)14(3)23-21(24)27-12-20(26)19-9-7-18(8-10-19)15(4)22-17(6)25/h7-10,13,15H,11-12H2,1-6H3,(H,22,25)/t15-/m1/s1. The molecule has 0 fully saturated rings. The summed E-state index contributed by atoms with van der Waals surface area (Å²) in [5.41, 5.74) is 3.83. The minimum absolute atomic E-state index is 0.0680. The number of carbonyl (C=O) groups excluding carboxylic acids is 2. The first-order valence-corrected chi connectivity index (χ1v) is 10.2. The van der Waals surface area contributed by atoms with E-state index in [1.54, 1.807) is 0 Å². The van der Waals surface area contributed by atoms with Gasteiger partial charge in [0.2, 0.25) is 5.91 Å². The molecule has 0 aliphatic rings. The first-order valence-electron chi connectivity index (χ1n) is 9.25. The van der Waals surface area contributed by atoms with Crippen molar-refractivity contribution in [1.29, 1.82) is 0 Å². The number of aryl methyl sites for hydroxylation is 1. The van der Waals surface area contributed by atoms with E-state index in [-0.39, 0.29) is 17.7 Å². The summed E-state index contributed by atoms with van der Waals surface area (Å²) in [6.45, 7) is 12.8. The van der Waals surface area contributed by atoms with E-state index in [9.17, 15) is 9.59 Å². The van der Waals surface area contributed by atoms with Gasteiger partial charge in [0, 0.05) is 24.7 Å². The van der Waals surface area contributed by atoms with Gasteiger partial charge in [-0.1, -0.05) is 49.9 Å². The Kier molecular flexibility index (Phi) is 7.25. The summed E-state index contributed by atoms with van der Waals surface area (Å²) >= 11 is 1.49. The van der Waals surface area contributed by atoms with Crippen LogP contribution in [0.3, 0.4) is 0 Å². The van der Waals surface area contributed by atoms with Crippen LogP contribution in [0.2, 0.25) is 0 Å². The Hall–Kier alpha value is -2.08. The summed E-state index contributed by atoms with van der Waals surface area (Å²) in [5, 5.41) is 3.75. The van der Waals surface area contributed by atoms with Crippen LogP contribution >= 0.6 is 11.8 Å². The Labute approximate surface area is 166 Å². The number of Topliss-reactive ketones (excluding diaryl/α,β-unsaturated/α-hetero) is 1. The summed E-state index contributed by atoms with van der Waals surface area (Å²) in [6, 6.07) is 7.37. The first kappa shape index (κ1) is 21.2. The fourth-order valence-corrected chi connectivity index (χ4v) is 3.87. The molecule has 1 amide bonds. The highest BCUT2D eigenvalue weighted by Gasteiger charge is 2.15. The molecule has 0 spiro atoms. The maximum Gasteiger partial charge on any atom is 0.217 e. The zero-order valence-corrected chi connectivity index (χ0v) is 17.8. The molecule has 0 unspecified atom stereocenters. The van der Waals surface area contributed by atoms with Crippen LogP contribution in [-0.2, 0) is 11.3 Å². The smallest absolute Gasteiger partial charge is 0.217 e. The van der Waals surface area contributed by atoms with Crippen molar-refractivity contribution < 1.29 is 9.59 Å². The number of rotatable bonds is 8. The van der Waals surface area contributed by atoms with Gasteiger partial charge in [-0.05, 0) is 32.3 Å². The van der Waals surface area contributed by atoms with Crippen LogP contribution in [0.5, 0.6) is 0 Å². The minimum atomic E-state index is -0.0736. The molecule has 0 saturated heterocycles. The average molecular weight is 388 g/mol. The van der Waals surface area contributed by atoms with E-state index >= 15 is 0 Å². The lowest BCUT2D eigenvalue weighted by Crippen LogP contribution is -2.23. The van der Waals surface area contributed by atoms with Crippen LogP contribution in [0.4, 0.5) is 0 Å². The Morgan fingerprint density at radius 3 is 2.33 bits per heavy atom. The van der Waals surface area contributed by atoms with Crippen LogP contribution in [0, 0.1) is 19.8 Å². The van der Waals surface area contributed by atoms with Crippen LogP contribution in [0.1, 0.15) is 61.0 Å². The number of carbonyl (C=O) groups is 2. The van der Waals surface area contributed by atoms with Crippen molar-refractivity contribution in [2.24, 2.45) is 5.92 Å². The van der Waals surface area contributed by atoms with Gasteiger partial charge in [-0.15, -0.1) is 0 Å². The molecule has 1 N–H and O–H groups in total. The first-order chi connectivity index (χ1) is 12.7. The van der Waals surface area contributed by atoms with Gasteiger partial charge in [-0.2, -0.15) is 0 Å². The van der Waals surface area contributed by atoms with Crippen molar-refractivity contribution in [3.63, 3.8) is 0 Å². The molecule has 1 aromatic heterocycles. The molecule has 1 atom stereocenters. The number of hydrogen-bond acceptors (Lipinski definition) is 4. The lowest BCUT2D eigenvalue weighted by molar-refractivity contribution is -0.119. The van der Waals surface area contributed by atoms with E-state index in [0.717, 1.165) is 28.7 Å². The second-order valence-corrected chi connectivity index (χ2v) is 8.27. The Balaban J connectivity index is 2.04. The van der Waals surface area contributed by atoms with E-state index in [1.807, 2.05) is 38.1 Å². The summed E-state index contributed by atoms with van der Waals surface area (Å²) in [4.78, 5) is 28.4. The highest BCUT2D eigenvalue weighted by Crippen LogP contribution is 2.24. The SMILES string of the molecule is CC(=O)N[C@H](C)c1ccc(C(=O)CSc2nc(C)c(C)n2CC(C)C)cc1. The Morgan fingerprint density at radius 2 is 1.78 bits per heavy atom. The molecule has 6 heteroatoms. The normalized spacial score (nSPS) is 12.3. The van der Waals surface area contributed by atoms with Crippen molar-refractivity contribution in [3.05, 3.63) is 46.8 Å². The number of aromatic nitrogens is 2. The van der Waals surface area contributed by atoms with Gasteiger partial charge >= 0.3 is 0 Å². The maximum atomic E-state index is 12.6. The van der Waals surface area contributed by atoms with Crippen LogP contribution in [0.25, 0.3) is 0 Å². The Bertz CT molecular complexity index is 810. The summed E-state index contributed by atoms with van der Waals surface area (Å²) < 4.78 is 2.20. The highest BCUT2D eigenvalue weighted by molar-refractivity contribution is 7.99. The predicted molar refractivity (Wildman–Crippen MR) is 110 cm³/mol. The molecule has 0 aliphatic carbocycles. The summed E-state index contributed by atoms with van der Waals surface area (Å²) in [6.07, 6.45) is 0. The largest absolute Gasteiger partial charge is 0.350 e. The molecule has 0 radical (unpaired) electrons. The maximum absolute atomic E-state index is 12.6. The van der Waals surface area contributed by atoms with Crippen LogP contribution in [-0.4, -0.2) is 27.0 Å². The van der Waals surface area contributed by atoms with Crippen LogP contribution in [0.15, 0.2) is 29.4 Å². The molecule has 2 rings (SSSR count). The third-order valence-electron chi connectivity index (χ3n) is 4.46. The van der Waals surface area contributed by atoms with E-state index in [2.05, 4.69) is 35.6 Å². The zero-order chi connectivity index (χ0) is 20.1. The monoisotopic (exact) mass is 387 g/mol. The minimum Gasteiger partial charge on any atom is -0.350 e. The number of thioether (sulfide) groups is 1. The molecule has 27 heavy (non-hydrogen) atoms. The number of nitrogens with zero attached hydrogens (tertiary/aromatic N) is 2. The number of hydrogen-bond donors (Lipinski definition) is 1. The van der Waals surface area contributed by atoms with E-state index in [4.69, 9.17) is 0 Å². The third kappa shape index (κ3) is 5.70. The van der Waals surface area contributed by atoms with Gasteiger partial charge in [-0.3, -0.25) is 9.59 Å². The second kappa shape index (κ2) is 9.22. The van der Waals surface area contributed by atoms with Gasteiger partial charge in [0.05, 0.1) is 17.5 Å². The number of benzene rings is 1. The van der Waals surface area contributed by atoms with Gasteiger partial charge in [0.1, 0.15) is 0 Å². The Morgan fingerprint density at radius 1 is 1.15 bits per heavy atom. The lowest BCUT2D eigenvalue weighted by atomic mass is 10.0. The molecule has 0 aliphatic heterocycles. The molecule has 1 aromatic carbocycles. The molecule has 0 bridgehead atoms. The quantitative estimate of drug-likeness (QED) is 0.541. The average Bonchev–Trinajstić information content (AvgIpc) is 2.86. The van der Waals surface area contributed by atoms with Gasteiger partial charge in [0.15, 0.2) is 10.9 Å². The van der Waals surface area contributed by atoms with Crippen molar-refractivity contribution in [3.8, 4) is 0 Å². The van der Waals surface area contributed by atoms with E-state index < -0.39 is 0 Å². The van der Waals surface area contributed by atoms with Crippen molar-refractivity contribution >= 4 is 23.5 Å². The molecule has 5 nitrogen and oxygen atoms in total. The number of ketones is 1. The van der Waals surface area contributed by atoms with Gasteiger partial charge in [-0.25, -0.2) is 4.98 Å². The van der Waals surface area contributed by atoms with Crippen molar-refractivity contribution in [2.45, 2.75) is 59.3 Å². The van der Waals surface area contributed by atoms with Gasteiger partial charge < -0.3 is 9.88 Å². The topological polar surface area (TPSA) is 64.0 Å². The summed E-state index contributed by atoms with van der Waals surface area (Å²) in [7, 11) is 0. The molecule has 0 saturated carbocycles. The molecular weight excluding hydrogens is 358 g/mol. The predicted octanol–water partition coefficient (Wildman–Crippen LogP) is 4.33. The summed E-state index contributed by atoms with van der Waals surface area (Å²) in [5.74, 6) is 0.884. The molecular formula is C21H29N3O2S. The van der Waals surface area contributed by atoms with E-state index in [1.165, 1.54) is 18.7 Å². The second-order valence-electron chi connectivity index (χ2n) is 7.33. The number of amides is 1. The number of nitrogens with one attached hydrogen (secondary N) is 1. The molecule has 1 heterocycles. The highest BCUT2D eigenvalue weighted by atomic mass is 32.2. The fraction of sp³-hybridized carbons (Fsp3) is 0.476. The van der Waals surface area contributed by atoms with Crippen molar-refractivity contribution in [1.82, 2.24) is 14.9 Å². The van der Waals surface area contributed by atoms with E-state index in [0.29, 0.717) is 17.2 Å². The lowest BCUT2D eigenvalue weighted by Gasteiger charge is -2.13. The van der Waals surface area contributed by atoms with Crippen molar-refractivity contribution in [2.75, 3.05) is 5.75 Å².